The summed E-state index contributed by atoms with van der Waals surface area (Å²) in [4.78, 5) is 26.9. The van der Waals surface area contributed by atoms with Crippen molar-refractivity contribution in [1.82, 2.24) is 0 Å². The van der Waals surface area contributed by atoms with E-state index in [0.29, 0.717) is 11.1 Å². The van der Waals surface area contributed by atoms with Crippen molar-refractivity contribution in [3.05, 3.63) is 53.6 Å². The van der Waals surface area contributed by atoms with Gasteiger partial charge in [-0.2, -0.15) is 0 Å². The van der Waals surface area contributed by atoms with Gasteiger partial charge in [0.25, 0.3) is 5.91 Å². The molecule has 1 saturated heterocycles. The molecular weight excluding hydrogens is 490 g/mol. The number of ether oxygens (including phenoxy) is 3. The quantitative estimate of drug-likeness (QED) is 0.213. The molecule has 0 aliphatic carbocycles. The fraction of sp³-hybridized carbons (Fsp3) is 0.360. The lowest BCUT2D eigenvalue weighted by molar-refractivity contribution is -0.277. The van der Waals surface area contributed by atoms with Gasteiger partial charge in [-0.05, 0) is 35.4 Å². The van der Waals surface area contributed by atoms with Crippen molar-refractivity contribution in [3.63, 3.8) is 0 Å². The van der Waals surface area contributed by atoms with Gasteiger partial charge in [0.1, 0.15) is 36.2 Å². The molecule has 12 heteroatoms. The van der Waals surface area contributed by atoms with E-state index in [2.05, 4.69) is 0 Å². The lowest BCUT2D eigenvalue weighted by Gasteiger charge is -2.39. The van der Waals surface area contributed by atoms with Gasteiger partial charge in [0.2, 0.25) is 6.29 Å². The number of aliphatic hydroxyl groups is 4. The van der Waals surface area contributed by atoms with Crippen LogP contribution >= 0.6 is 0 Å². The first-order valence-corrected chi connectivity index (χ1v) is 11.4. The Hall–Kier alpha value is -3.68. The zero-order valence-electron chi connectivity index (χ0n) is 19.7. The number of esters is 1. The van der Waals surface area contributed by atoms with E-state index >= 15 is 0 Å². The smallest absolute Gasteiger partial charge is 0.329 e. The van der Waals surface area contributed by atoms with Crippen LogP contribution in [0.15, 0.2) is 42.5 Å². The molecule has 0 bridgehead atoms. The second-order valence-electron chi connectivity index (χ2n) is 8.64. The molecule has 1 amide bonds. The number of amides is 1. The third kappa shape index (κ3) is 5.24. The molecule has 2 aromatic rings. The first-order valence-electron chi connectivity index (χ1n) is 11.4. The zero-order valence-corrected chi connectivity index (χ0v) is 19.7. The summed E-state index contributed by atoms with van der Waals surface area (Å²) in [7, 11) is 1.19. The molecule has 12 nitrogen and oxygen atoms in total. The van der Waals surface area contributed by atoms with E-state index in [0.717, 1.165) is 0 Å². The normalized spacial score (nSPS) is 27.2. The Bertz CT molecular complexity index is 1180. The van der Waals surface area contributed by atoms with Crippen LogP contribution in [0, 0.1) is 0 Å². The molecule has 0 radical (unpaired) electrons. The van der Waals surface area contributed by atoms with Crippen LogP contribution in [0.2, 0.25) is 0 Å². The third-order valence-electron chi connectivity index (χ3n) is 6.26. The molecule has 6 atom stereocenters. The molecule has 0 saturated carbocycles. The number of rotatable bonds is 6. The second-order valence-corrected chi connectivity index (χ2v) is 8.64. The van der Waals surface area contributed by atoms with Crippen LogP contribution in [0.1, 0.15) is 11.1 Å². The summed E-state index contributed by atoms with van der Waals surface area (Å²) >= 11 is 0. The highest BCUT2D eigenvalue weighted by Gasteiger charge is 2.45. The number of anilines is 1. The summed E-state index contributed by atoms with van der Waals surface area (Å²) in [6.07, 6.45) is -5.03. The van der Waals surface area contributed by atoms with E-state index in [4.69, 9.17) is 14.2 Å². The number of hydrogen-bond donors (Lipinski definition) is 6. The number of carbonyl (C=O) groups excluding carboxylic acids is 2. The Kier molecular flexibility index (Phi) is 7.66. The lowest BCUT2D eigenvalue weighted by Crippen LogP contribution is -2.60. The molecule has 198 valence electrons. The SMILES string of the molecule is COC(=O)C1Cc2cc(O)c(OC3OC(CO)C(O)C(O)C3O)cc2N1C(=O)C=Cc1ccc(O)cc1. The average Bonchev–Trinajstić information content (AvgIpc) is 3.26. The standard InChI is InChI=1S/C25H27NO11/c1-35-24(34)16-8-13-9-17(29)18(36-25-23(33)22(32)21(31)19(11-27)37-25)10-15(13)26(16)20(30)7-4-12-2-5-14(28)6-3-12/h2-7,9-10,16,19,21-23,25,27-29,31-33H,8,11H2,1H3. The van der Waals surface area contributed by atoms with Gasteiger partial charge in [0, 0.05) is 18.6 Å². The molecule has 0 aromatic heterocycles. The maximum atomic E-state index is 13.2. The first kappa shape index (κ1) is 26.4. The van der Waals surface area contributed by atoms with E-state index in [-0.39, 0.29) is 23.6 Å². The van der Waals surface area contributed by atoms with Gasteiger partial charge >= 0.3 is 5.97 Å². The fourth-order valence-electron chi connectivity index (χ4n) is 4.27. The Morgan fingerprint density at radius 1 is 1.08 bits per heavy atom. The predicted octanol–water partition coefficient (Wildman–Crippen LogP) is -0.579. The average molecular weight is 517 g/mol. The molecule has 0 spiro atoms. The lowest BCUT2D eigenvalue weighted by atomic mass is 9.99. The summed E-state index contributed by atoms with van der Waals surface area (Å²) in [6.45, 7) is -0.669. The number of aromatic hydroxyl groups is 2. The Morgan fingerprint density at radius 3 is 2.43 bits per heavy atom. The van der Waals surface area contributed by atoms with Crippen LogP contribution in [0.4, 0.5) is 5.69 Å². The molecule has 4 rings (SSSR count). The minimum absolute atomic E-state index is 0.0503. The van der Waals surface area contributed by atoms with Crippen molar-refractivity contribution in [2.75, 3.05) is 18.6 Å². The van der Waals surface area contributed by atoms with Crippen LogP contribution in [-0.4, -0.2) is 93.0 Å². The molecule has 1 fully saturated rings. The molecule has 6 N–H and O–H groups in total. The van der Waals surface area contributed by atoms with Gasteiger partial charge in [0.05, 0.1) is 19.4 Å². The highest BCUT2D eigenvalue weighted by atomic mass is 16.7. The third-order valence-corrected chi connectivity index (χ3v) is 6.26. The van der Waals surface area contributed by atoms with E-state index < -0.39 is 61.0 Å². The molecule has 37 heavy (non-hydrogen) atoms. The minimum atomic E-state index is -1.72. The first-order chi connectivity index (χ1) is 17.6. The van der Waals surface area contributed by atoms with Gasteiger partial charge in [-0.15, -0.1) is 0 Å². The number of phenols is 2. The number of aliphatic hydroxyl groups excluding tert-OH is 4. The van der Waals surface area contributed by atoms with Crippen molar-refractivity contribution >= 4 is 23.6 Å². The van der Waals surface area contributed by atoms with E-state index in [1.165, 1.54) is 48.4 Å². The van der Waals surface area contributed by atoms with Gasteiger partial charge in [-0.25, -0.2) is 4.79 Å². The summed E-state index contributed by atoms with van der Waals surface area (Å²) in [6, 6.07) is 7.65. The van der Waals surface area contributed by atoms with Crippen molar-refractivity contribution < 1.29 is 54.4 Å². The molecule has 2 aliphatic rings. The number of phenolic OH excluding ortho intramolecular Hbond substituents is 2. The topological polar surface area (TPSA) is 186 Å². The Labute approximate surface area is 211 Å². The van der Waals surface area contributed by atoms with Gasteiger partial charge in [-0.3, -0.25) is 9.69 Å². The summed E-state index contributed by atoms with van der Waals surface area (Å²) < 4.78 is 15.8. The fourth-order valence-corrected chi connectivity index (χ4v) is 4.27. The molecule has 6 unspecified atom stereocenters. The maximum absolute atomic E-state index is 13.2. The molecule has 2 aromatic carbocycles. The molecule has 2 heterocycles. The summed E-state index contributed by atoms with van der Waals surface area (Å²) in [5, 5.41) is 59.6. The van der Waals surface area contributed by atoms with Crippen molar-refractivity contribution in [2.45, 2.75) is 43.2 Å². The molecule has 2 aliphatic heterocycles. The van der Waals surface area contributed by atoms with Crippen molar-refractivity contribution in [2.24, 2.45) is 0 Å². The van der Waals surface area contributed by atoms with Gasteiger partial charge in [-0.1, -0.05) is 12.1 Å². The van der Waals surface area contributed by atoms with E-state index in [1.54, 1.807) is 12.1 Å². The van der Waals surface area contributed by atoms with Crippen LogP contribution in [0.25, 0.3) is 6.08 Å². The summed E-state index contributed by atoms with van der Waals surface area (Å²) in [5.41, 5.74) is 1.30. The van der Waals surface area contributed by atoms with Crippen molar-refractivity contribution in [1.29, 1.82) is 0 Å². The number of benzene rings is 2. The van der Waals surface area contributed by atoms with E-state index in [1.807, 2.05) is 0 Å². The summed E-state index contributed by atoms with van der Waals surface area (Å²) in [5.74, 6) is -1.83. The highest BCUT2D eigenvalue weighted by molar-refractivity contribution is 6.09. The zero-order chi connectivity index (χ0) is 26.9. The van der Waals surface area contributed by atoms with Gasteiger partial charge < -0.3 is 44.8 Å². The second kappa shape index (κ2) is 10.7. The molecular formula is C25H27NO11. The number of nitrogens with zero attached hydrogens (tertiary/aromatic N) is 1. The number of carbonyl (C=O) groups is 2. The minimum Gasteiger partial charge on any atom is -0.508 e. The number of methoxy groups -OCH3 is 1. The van der Waals surface area contributed by atoms with Gasteiger partial charge in [0.15, 0.2) is 11.5 Å². The Balaban J connectivity index is 1.64. The Morgan fingerprint density at radius 2 is 1.78 bits per heavy atom. The maximum Gasteiger partial charge on any atom is 0.329 e. The highest BCUT2D eigenvalue weighted by Crippen LogP contribution is 2.42. The van der Waals surface area contributed by atoms with Crippen molar-refractivity contribution in [3.8, 4) is 17.2 Å². The largest absolute Gasteiger partial charge is 0.508 e. The van der Waals surface area contributed by atoms with E-state index in [9.17, 15) is 40.2 Å². The predicted molar refractivity (Wildman–Crippen MR) is 127 cm³/mol. The van der Waals surface area contributed by atoms with Crippen LogP contribution in [0.5, 0.6) is 17.2 Å². The van der Waals surface area contributed by atoms with Crippen LogP contribution in [0.3, 0.4) is 0 Å². The number of hydrogen-bond acceptors (Lipinski definition) is 11. The van der Waals surface area contributed by atoms with Crippen LogP contribution < -0.4 is 9.64 Å². The van der Waals surface area contributed by atoms with Crippen LogP contribution in [-0.2, 0) is 25.5 Å². The number of fused-ring (bicyclic) bond motifs is 1. The monoisotopic (exact) mass is 517 g/mol.